The van der Waals surface area contributed by atoms with Gasteiger partial charge >= 0.3 is 0 Å². The topological polar surface area (TPSA) is 66.5 Å². The summed E-state index contributed by atoms with van der Waals surface area (Å²) >= 11 is 6.13. The number of amides is 1. The lowest BCUT2D eigenvalue weighted by atomic mass is 10.1. The van der Waals surface area contributed by atoms with Crippen LogP contribution in [-0.2, 0) is 16.6 Å². The molecule has 3 rings (SSSR count). The first-order valence-electron chi connectivity index (χ1n) is 9.52. The molecule has 2 aromatic rings. The van der Waals surface area contributed by atoms with Crippen LogP contribution in [-0.4, -0.2) is 31.7 Å². The summed E-state index contributed by atoms with van der Waals surface area (Å²) in [6.45, 7) is 3.14. The Morgan fingerprint density at radius 2 is 1.75 bits per heavy atom. The largest absolute Gasteiger partial charge is 0.348 e. The van der Waals surface area contributed by atoms with Gasteiger partial charge < -0.3 is 5.32 Å². The Kier molecular flexibility index (Phi) is 6.75. The molecule has 0 aromatic heterocycles. The van der Waals surface area contributed by atoms with Crippen molar-refractivity contribution in [2.24, 2.45) is 0 Å². The summed E-state index contributed by atoms with van der Waals surface area (Å²) in [6.07, 6.45) is 3.85. The number of nitrogens with one attached hydrogen (secondary N) is 1. The summed E-state index contributed by atoms with van der Waals surface area (Å²) in [7, 11) is -3.60. The molecule has 150 valence electrons. The molecule has 5 nitrogen and oxygen atoms in total. The van der Waals surface area contributed by atoms with E-state index < -0.39 is 10.0 Å². The molecule has 0 saturated carbocycles. The molecule has 1 fully saturated rings. The average Bonchev–Trinajstić information content (AvgIpc) is 2.97. The van der Waals surface area contributed by atoms with E-state index in [1.165, 1.54) is 10.4 Å². The molecule has 0 unspecified atom stereocenters. The standard InChI is InChI=1S/C21H25ClN2O3S/c1-16-10-11-18(28(26,27)24-12-6-2-3-7-13-24)14-19(16)21(25)23-15-17-8-4-5-9-20(17)22/h4-5,8-11,14H,2-3,6-7,12-13,15H2,1H3,(H,23,25). The maximum absolute atomic E-state index is 13.0. The summed E-state index contributed by atoms with van der Waals surface area (Å²) in [4.78, 5) is 12.9. The number of sulfonamides is 1. The fourth-order valence-electron chi connectivity index (χ4n) is 3.35. The lowest BCUT2D eigenvalue weighted by molar-refractivity contribution is 0.0950. The third kappa shape index (κ3) is 4.74. The fraction of sp³-hybridized carbons (Fsp3) is 0.381. The van der Waals surface area contributed by atoms with Crippen molar-refractivity contribution in [3.05, 3.63) is 64.2 Å². The third-order valence-corrected chi connectivity index (χ3v) is 7.32. The van der Waals surface area contributed by atoms with E-state index in [1.54, 1.807) is 25.1 Å². The number of nitrogens with zero attached hydrogens (tertiary/aromatic N) is 1. The summed E-state index contributed by atoms with van der Waals surface area (Å²) in [6, 6.07) is 12.0. The Hall–Kier alpha value is -1.89. The molecule has 2 aromatic carbocycles. The highest BCUT2D eigenvalue weighted by Gasteiger charge is 2.26. The van der Waals surface area contributed by atoms with Gasteiger partial charge in [-0.15, -0.1) is 0 Å². The predicted molar refractivity (Wildman–Crippen MR) is 111 cm³/mol. The van der Waals surface area contributed by atoms with Crippen LogP contribution in [0.5, 0.6) is 0 Å². The van der Waals surface area contributed by atoms with E-state index in [1.807, 2.05) is 18.2 Å². The van der Waals surface area contributed by atoms with Crippen molar-refractivity contribution >= 4 is 27.5 Å². The summed E-state index contributed by atoms with van der Waals surface area (Å²) in [5.41, 5.74) is 1.90. The van der Waals surface area contributed by atoms with Gasteiger partial charge in [-0.25, -0.2) is 8.42 Å². The SMILES string of the molecule is Cc1ccc(S(=O)(=O)N2CCCCCC2)cc1C(=O)NCc1ccccc1Cl. The number of hydrogen-bond acceptors (Lipinski definition) is 3. The molecule has 1 aliphatic heterocycles. The molecule has 1 N–H and O–H groups in total. The van der Waals surface area contributed by atoms with E-state index in [0.717, 1.165) is 36.8 Å². The maximum Gasteiger partial charge on any atom is 0.251 e. The Morgan fingerprint density at radius 3 is 2.43 bits per heavy atom. The van der Waals surface area contributed by atoms with Crippen molar-refractivity contribution in [1.82, 2.24) is 9.62 Å². The van der Waals surface area contributed by atoms with Gasteiger partial charge in [-0.05, 0) is 49.1 Å². The van der Waals surface area contributed by atoms with Crippen LogP contribution >= 0.6 is 11.6 Å². The van der Waals surface area contributed by atoms with Gasteiger partial charge in [0.1, 0.15) is 0 Å². The van der Waals surface area contributed by atoms with E-state index >= 15 is 0 Å². The van der Waals surface area contributed by atoms with Gasteiger partial charge in [0.15, 0.2) is 0 Å². The van der Waals surface area contributed by atoms with Crippen molar-refractivity contribution in [2.45, 2.75) is 44.0 Å². The molecule has 28 heavy (non-hydrogen) atoms. The quantitative estimate of drug-likeness (QED) is 0.790. The van der Waals surface area contributed by atoms with Crippen molar-refractivity contribution in [2.75, 3.05) is 13.1 Å². The van der Waals surface area contributed by atoms with Gasteiger partial charge in [0.2, 0.25) is 10.0 Å². The van der Waals surface area contributed by atoms with Crippen molar-refractivity contribution in [3.63, 3.8) is 0 Å². The molecule has 0 spiro atoms. The van der Waals surface area contributed by atoms with Gasteiger partial charge in [-0.1, -0.05) is 48.7 Å². The van der Waals surface area contributed by atoms with Crippen LogP contribution in [0, 0.1) is 6.92 Å². The number of benzene rings is 2. The highest BCUT2D eigenvalue weighted by Crippen LogP contribution is 2.23. The van der Waals surface area contributed by atoms with Crippen LogP contribution in [0.15, 0.2) is 47.4 Å². The van der Waals surface area contributed by atoms with Crippen LogP contribution in [0.1, 0.15) is 47.2 Å². The van der Waals surface area contributed by atoms with Crippen molar-refractivity contribution in [1.29, 1.82) is 0 Å². The van der Waals surface area contributed by atoms with E-state index in [-0.39, 0.29) is 17.3 Å². The Balaban J connectivity index is 1.80. The zero-order valence-electron chi connectivity index (χ0n) is 15.9. The molecular weight excluding hydrogens is 396 g/mol. The first-order chi connectivity index (χ1) is 13.4. The lowest BCUT2D eigenvalue weighted by Gasteiger charge is -2.20. The molecule has 0 bridgehead atoms. The van der Waals surface area contributed by atoms with Gasteiger partial charge in [0, 0.05) is 30.2 Å². The molecule has 1 amide bonds. The van der Waals surface area contributed by atoms with E-state index in [4.69, 9.17) is 11.6 Å². The number of rotatable bonds is 5. The zero-order chi connectivity index (χ0) is 20.1. The number of carbonyl (C=O) groups is 1. The second kappa shape index (κ2) is 9.07. The van der Waals surface area contributed by atoms with E-state index in [0.29, 0.717) is 23.7 Å². The molecule has 7 heteroatoms. The molecule has 1 aliphatic rings. The highest BCUT2D eigenvalue weighted by molar-refractivity contribution is 7.89. The second-order valence-corrected chi connectivity index (χ2v) is 9.41. The molecular formula is C21H25ClN2O3S. The van der Waals surface area contributed by atoms with E-state index in [9.17, 15) is 13.2 Å². The normalized spacial score (nSPS) is 15.8. The second-order valence-electron chi connectivity index (χ2n) is 7.07. The van der Waals surface area contributed by atoms with E-state index in [2.05, 4.69) is 5.32 Å². The van der Waals surface area contributed by atoms with Gasteiger partial charge in [-0.3, -0.25) is 4.79 Å². The van der Waals surface area contributed by atoms with Crippen LogP contribution in [0.3, 0.4) is 0 Å². The molecule has 1 heterocycles. The van der Waals surface area contributed by atoms with Crippen molar-refractivity contribution < 1.29 is 13.2 Å². The molecule has 0 radical (unpaired) electrons. The van der Waals surface area contributed by atoms with Crippen LogP contribution < -0.4 is 5.32 Å². The highest BCUT2D eigenvalue weighted by atomic mass is 35.5. The summed E-state index contributed by atoms with van der Waals surface area (Å²) in [5, 5.41) is 3.41. The summed E-state index contributed by atoms with van der Waals surface area (Å²) < 4.78 is 27.6. The average molecular weight is 421 g/mol. The van der Waals surface area contributed by atoms with Gasteiger partial charge in [-0.2, -0.15) is 4.31 Å². The summed E-state index contributed by atoms with van der Waals surface area (Å²) in [5.74, 6) is -0.315. The molecule has 0 aliphatic carbocycles. The number of aryl methyl sites for hydroxylation is 1. The fourth-order valence-corrected chi connectivity index (χ4v) is 5.10. The Labute approximate surface area is 171 Å². The van der Waals surface area contributed by atoms with Crippen molar-refractivity contribution in [3.8, 4) is 0 Å². The minimum atomic E-state index is -3.60. The smallest absolute Gasteiger partial charge is 0.251 e. The Morgan fingerprint density at radius 1 is 1.07 bits per heavy atom. The third-order valence-electron chi connectivity index (χ3n) is 5.05. The predicted octanol–water partition coefficient (Wildman–Crippen LogP) is 4.14. The van der Waals surface area contributed by atoms with Gasteiger partial charge in [0.25, 0.3) is 5.91 Å². The first kappa shape index (κ1) is 20.8. The Bertz CT molecular complexity index is 952. The molecule has 0 atom stereocenters. The van der Waals surface area contributed by atoms with Crippen LogP contribution in [0.2, 0.25) is 5.02 Å². The minimum absolute atomic E-state index is 0.169. The maximum atomic E-state index is 13.0. The van der Waals surface area contributed by atoms with Crippen LogP contribution in [0.4, 0.5) is 0 Å². The lowest BCUT2D eigenvalue weighted by Crippen LogP contribution is -2.32. The number of halogens is 1. The minimum Gasteiger partial charge on any atom is -0.348 e. The van der Waals surface area contributed by atoms with Gasteiger partial charge in [0.05, 0.1) is 4.90 Å². The molecule has 1 saturated heterocycles. The number of carbonyl (C=O) groups excluding carboxylic acids is 1. The monoisotopic (exact) mass is 420 g/mol. The first-order valence-corrected chi connectivity index (χ1v) is 11.3. The van der Waals surface area contributed by atoms with Crippen LogP contribution in [0.25, 0.3) is 0 Å². The number of hydrogen-bond donors (Lipinski definition) is 1. The zero-order valence-corrected chi connectivity index (χ0v) is 17.5.